The highest BCUT2D eigenvalue weighted by Crippen LogP contribution is 2.60. The van der Waals surface area contributed by atoms with Gasteiger partial charge in [0.2, 0.25) is 0 Å². The smallest absolute Gasteiger partial charge is 0.363 e. The standard InChI is InChI=1S/C11H16BrO5P/c1-3-16-18(15,17-4-2)11(14)9-7-8(12)5-6-10(9)13/h5-7,11,13-14H,3-4H2,1-2H3/t11-/m1/s1. The second kappa shape index (κ2) is 6.68. The van der Waals surface area contributed by atoms with Crippen molar-refractivity contribution in [2.45, 2.75) is 19.7 Å². The van der Waals surface area contributed by atoms with Crippen LogP contribution in [0.25, 0.3) is 0 Å². The average molecular weight is 339 g/mol. The van der Waals surface area contributed by atoms with E-state index in [2.05, 4.69) is 15.9 Å². The number of aliphatic hydroxyl groups excluding tert-OH is 1. The summed E-state index contributed by atoms with van der Waals surface area (Å²) in [4.78, 5) is 0. The van der Waals surface area contributed by atoms with Crippen LogP contribution < -0.4 is 0 Å². The van der Waals surface area contributed by atoms with Gasteiger partial charge in [0.15, 0.2) is 5.85 Å². The van der Waals surface area contributed by atoms with E-state index in [-0.39, 0.29) is 24.5 Å². The minimum atomic E-state index is -3.70. The van der Waals surface area contributed by atoms with Gasteiger partial charge in [-0.05, 0) is 32.0 Å². The molecular formula is C11H16BrO5P. The summed E-state index contributed by atoms with van der Waals surface area (Å²) in [5.41, 5.74) is 0.106. The van der Waals surface area contributed by atoms with Gasteiger partial charge in [0, 0.05) is 10.0 Å². The van der Waals surface area contributed by atoms with Crippen molar-refractivity contribution in [2.24, 2.45) is 0 Å². The Morgan fingerprint density at radius 3 is 2.39 bits per heavy atom. The largest absolute Gasteiger partial charge is 0.508 e. The Morgan fingerprint density at radius 2 is 1.89 bits per heavy atom. The number of halogens is 1. The highest BCUT2D eigenvalue weighted by Gasteiger charge is 2.36. The third-order valence-electron chi connectivity index (χ3n) is 2.19. The molecular weight excluding hydrogens is 323 g/mol. The Morgan fingerprint density at radius 1 is 1.33 bits per heavy atom. The maximum absolute atomic E-state index is 12.4. The van der Waals surface area contributed by atoms with Crippen LogP contribution in [-0.4, -0.2) is 23.4 Å². The fraction of sp³-hybridized carbons (Fsp3) is 0.455. The van der Waals surface area contributed by atoms with E-state index in [1.54, 1.807) is 19.9 Å². The van der Waals surface area contributed by atoms with E-state index < -0.39 is 13.4 Å². The molecule has 5 nitrogen and oxygen atoms in total. The molecule has 2 N–H and O–H groups in total. The van der Waals surface area contributed by atoms with Crippen molar-refractivity contribution in [2.75, 3.05) is 13.2 Å². The van der Waals surface area contributed by atoms with Crippen molar-refractivity contribution in [1.29, 1.82) is 0 Å². The first kappa shape index (κ1) is 15.7. The average Bonchev–Trinajstić information content (AvgIpc) is 2.32. The molecule has 102 valence electrons. The molecule has 0 radical (unpaired) electrons. The molecule has 0 saturated heterocycles. The maximum atomic E-state index is 12.4. The summed E-state index contributed by atoms with van der Waals surface area (Å²) in [5.74, 6) is -1.68. The summed E-state index contributed by atoms with van der Waals surface area (Å²) in [7, 11) is -3.70. The summed E-state index contributed by atoms with van der Waals surface area (Å²) in [5, 5.41) is 19.8. The Kier molecular flexibility index (Phi) is 5.82. The Bertz CT molecular complexity index is 441. The van der Waals surface area contributed by atoms with Crippen LogP contribution in [0.3, 0.4) is 0 Å². The zero-order valence-corrected chi connectivity index (χ0v) is 12.6. The molecule has 18 heavy (non-hydrogen) atoms. The first-order chi connectivity index (χ1) is 8.44. The van der Waals surface area contributed by atoms with Crippen LogP contribution in [0.5, 0.6) is 5.75 Å². The summed E-state index contributed by atoms with van der Waals surface area (Å²) in [6.45, 7) is 3.59. The Balaban J connectivity index is 3.13. The Labute approximate surface area is 114 Å². The molecule has 0 fully saturated rings. The van der Waals surface area contributed by atoms with E-state index in [9.17, 15) is 14.8 Å². The van der Waals surface area contributed by atoms with Gasteiger partial charge in [-0.2, -0.15) is 0 Å². The second-order valence-electron chi connectivity index (χ2n) is 3.45. The Hall–Kier alpha value is -0.390. The lowest BCUT2D eigenvalue weighted by molar-refractivity contribution is 0.148. The normalized spacial score (nSPS) is 13.6. The van der Waals surface area contributed by atoms with Crippen LogP contribution in [0.2, 0.25) is 0 Å². The molecule has 0 saturated carbocycles. The number of aliphatic hydroxyl groups is 1. The molecule has 0 aliphatic carbocycles. The van der Waals surface area contributed by atoms with Gasteiger partial charge in [0.25, 0.3) is 0 Å². The lowest BCUT2D eigenvalue weighted by Crippen LogP contribution is -2.06. The molecule has 1 rings (SSSR count). The molecule has 0 aromatic heterocycles. The van der Waals surface area contributed by atoms with Gasteiger partial charge in [-0.25, -0.2) is 0 Å². The minimum Gasteiger partial charge on any atom is -0.508 e. The minimum absolute atomic E-state index is 0.106. The number of phenols is 1. The van der Waals surface area contributed by atoms with Gasteiger partial charge in [-0.15, -0.1) is 0 Å². The molecule has 7 heteroatoms. The number of benzene rings is 1. The fourth-order valence-electron chi connectivity index (χ4n) is 1.44. The summed E-state index contributed by atoms with van der Waals surface area (Å²) in [6.07, 6.45) is 0. The number of hydrogen-bond donors (Lipinski definition) is 2. The zero-order valence-electron chi connectivity index (χ0n) is 10.2. The number of phenolic OH excluding ortho intramolecular Hbond substituents is 1. The third kappa shape index (κ3) is 3.56. The van der Waals surface area contributed by atoms with E-state index >= 15 is 0 Å². The molecule has 0 heterocycles. The molecule has 0 amide bonds. The molecule has 1 aromatic carbocycles. The first-order valence-corrected chi connectivity index (χ1v) is 7.90. The van der Waals surface area contributed by atoms with Crippen molar-refractivity contribution in [1.82, 2.24) is 0 Å². The molecule has 0 spiro atoms. The zero-order chi connectivity index (χ0) is 13.8. The molecule has 0 unspecified atom stereocenters. The SMILES string of the molecule is CCOP(=O)(OCC)[C@@H](O)c1cc(Br)ccc1O. The van der Waals surface area contributed by atoms with Gasteiger partial charge in [-0.3, -0.25) is 4.57 Å². The van der Waals surface area contributed by atoms with E-state index in [1.165, 1.54) is 12.1 Å². The lowest BCUT2D eigenvalue weighted by atomic mass is 10.2. The van der Waals surface area contributed by atoms with Crippen LogP contribution in [-0.2, 0) is 13.6 Å². The summed E-state index contributed by atoms with van der Waals surface area (Å²) < 4.78 is 23.1. The molecule has 0 bridgehead atoms. The monoisotopic (exact) mass is 338 g/mol. The summed E-state index contributed by atoms with van der Waals surface area (Å²) >= 11 is 3.22. The van der Waals surface area contributed by atoms with E-state index in [1.807, 2.05) is 0 Å². The third-order valence-corrected chi connectivity index (χ3v) is 4.79. The highest BCUT2D eigenvalue weighted by molar-refractivity contribution is 9.10. The van der Waals surface area contributed by atoms with E-state index in [0.29, 0.717) is 4.47 Å². The molecule has 0 aliphatic rings. The van der Waals surface area contributed by atoms with Crippen LogP contribution in [0, 0.1) is 0 Å². The topological polar surface area (TPSA) is 76.0 Å². The van der Waals surface area contributed by atoms with Gasteiger partial charge < -0.3 is 19.3 Å². The van der Waals surface area contributed by atoms with Crippen LogP contribution >= 0.6 is 23.5 Å². The van der Waals surface area contributed by atoms with Gasteiger partial charge >= 0.3 is 7.60 Å². The van der Waals surface area contributed by atoms with Crippen molar-refractivity contribution >= 4 is 23.5 Å². The van der Waals surface area contributed by atoms with E-state index in [0.717, 1.165) is 0 Å². The molecule has 1 atom stereocenters. The number of rotatable bonds is 6. The summed E-state index contributed by atoms with van der Waals surface area (Å²) in [6, 6.07) is 4.48. The fourth-order valence-corrected chi connectivity index (χ4v) is 3.44. The first-order valence-electron chi connectivity index (χ1n) is 5.49. The van der Waals surface area contributed by atoms with Gasteiger partial charge in [0.05, 0.1) is 13.2 Å². The van der Waals surface area contributed by atoms with Crippen molar-refractivity contribution in [3.63, 3.8) is 0 Å². The van der Waals surface area contributed by atoms with Crippen LogP contribution in [0.1, 0.15) is 25.3 Å². The van der Waals surface area contributed by atoms with Crippen LogP contribution in [0.4, 0.5) is 0 Å². The number of aromatic hydroxyl groups is 1. The quantitative estimate of drug-likeness (QED) is 0.777. The van der Waals surface area contributed by atoms with Gasteiger partial charge in [-0.1, -0.05) is 15.9 Å². The lowest BCUT2D eigenvalue weighted by Gasteiger charge is -2.23. The van der Waals surface area contributed by atoms with Crippen molar-refractivity contribution in [3.8, 4) is 5.75 Å². The molecule has 1 aromatic rings. The van der Waals surface area contributed by atoms with Crippen molar-refractivity contribution in [3.05, 3.63) is 28.2 Å². The molecule has 0 aliphatic heterocycles. The second-order valence-corrected chi connectivity index (χ2v) is 6.45. The van der Waals surface area contributed by atoms with Crippen LogP contribution in [0.15, 0.2) is 22.7 Å². The predicted octanol–water partition coefficient (Wildman–Crippen LogP) is 3.41. The van der Waals surface area contributed by atoms with Gasteiger partial charge in [0.1, 0.15) is 5.75 Å². The highest BCUT2D eigenvalue weighted by atomic mass is 79.9. The predicted molar refractivity (Wildman–Crippen MR) is 71.6 cm³/mol. The maximum Gasteiger partial charge on any atom is 0.363 e. The van der Waals surface area contributed by atoms with Crippen molar-refractivity contribution < 1.29 is 23.8 Å². The number of hydrogen-bond acceptors (Lipinski definition) is 5. The van der Waals surface area contributed by atoms with E-state index in [4.69, 9.17) is 9.05 Å².